The number of nitrogens with zero attached hydrogens (tertiary/aromatic N) is 3. The fourth-order valence-electron chi connectivity index (χ4n) is 3.26. The van der Waals surface area contributed by atoms with Crippen molar-refractivity contribution < 1.29 is 22.3 Å². The van der Waals surface area contributed by atoms with E-state index in [0.29, 0.717) is 21.3 Å². The first-order valence-electron chi connectivity index (χ1n) is 10.3. The predicted molar refractivity (Wildman–Crippen MR) is 134 cm³/mol. The highest BCUT2D eigenvalue weighted by molar-refractivity contribution is 7.92. The number of aromatic nitrogens is 2. The first-order chi connectivity index (χ1) is 16.7. The molecule has 0 aliphatic rings. The number of rotatable bonds is 8. The SMILES string of the molecule is COc1ccc(-c2nnc(NC(=O)c3ccc(CN(c4ccccc4F)S(C)(=O)=O)cc3)s2)cc1. The van der Waals surface area contributed by atoms with Crippen molar-refractivity contribution in [2.45, 2.75) is 6.54 Å². The van der Waals surface area contributed by atoms with E-state index in [1.807, 2.05) is 24.3 Å². The molecular formula is C24H21FN4O4S2. The van der Waals surface area contributed by atoms with Gasteiger partial charge < -0.3 is 4.74 Å². The summed E-state index contributed by atoms with van der Waals surface area (Å²) >= 11 is 1.23. The van der Waals surface area contributed by atoms with Crippen molar-refractivity contribution in [2.75, 3.05) is 23.0 Å². The van der Waals surface area contributed by atoms with Crippen LogP contribution in [-0.2, 0) is 16.6 Å². The largest absolute Gasteiger partial charge is 0.497 e. The number of sulfonamides is 1. The second-order valence-electron chi connectivity index (χ2n) is 7.51. The van der Waals surface area contributed by atoms with Crippen LogP contribution < -0.4 is 14.4 Å². The number of halogens is 1. The molecule has 0 radical (unpaired) electrons. The lowest BCUT2D eigenvalue weighted by Crippen LogP contribution is -2.30. The third-order valence-electron chi connectivity index (χ3n) is 5.05. The van der Waals surface area contributed by atoms with Crippen LogP contribution in [0, 0.1) is 5.82 Å². The van der Waals surface area contributed by atoms with Gasteiger partial charge in [0, 0.05) is 11.1 Å². The molecule has 1 heterocycles. The van der Waals surface area contributed by atoms with Gasteiger partial charge in [-0.2, -0.15) is 0 Å². The van der Waals surface area contributed by atoms with Crippen LogP contribution in [0.2, 0.25) is 0 Å². The van der Waals surface area contributed by atoms with Gasteiger partial charge in [-0.15, -0.1) is 10.2 Å². The van der Waals surface area contributed by atoms with E-state index in [1.54, 1.807) is 37.4 Å². The van der Waals surface area contributed by atoms with Gasteiger partial charge in [0.15, 0.2) is 0 Å². The number of ether oxygens (including phenoxy) is 1. The summed E-state index contributed by atoms with van der Waals surface area (Å²) in [5.41, 5.74) is 1.75. The minimum atomic E-state index is -3.74. The maximum atomic E-state index is 14.2. The summed E-state index contributed by atoms with van der Waals surface area (Å²) in [6, 6.07) is 19.4. The molecule has 8 nitrogen and oxygen atoms in total. The highest BCUT2D eigenvalue weighted by Crippen LogP contribution is 2.28. The average Bonchev–Trinajstić information content (AvgIpc) is 3.31. The molecule has 1 aromatic heterocycles. The zero-order chi connectivity index (χ0) is 25.0. The van der Waals surface area contributed by atoms with Gasteiger partial charge in [-0.05, 0) is 54.1 Å². The summed E-state index contributed by atoms with van der Waals surface area (Å²) in [7, 11) is -2.15. The minimum Gasteiger partial charge on any atom is -0.497 e. The van der Waals surface area contributed by atoms with Gasteiger partial charge >= 0.3 is 0 Å². The number of anilines is 2. The van der Waals surface area contributed by atoms with Crippen molar-refractivity contribution in [1.82, 2.24) is 10.2 Å². The van der Waals surface area contributed by atoms with Crippen LogP contribution >= 0.6 is 11.3 Å². The number of amides is 1. The number of para-hydroxylation sites is 1. The molecule has 0 saturated heterocycles. The van der Waals surface area contributed by atoms with Crippen LogP contribution in [0.4, 0.5) is 15.2 Å². The van der Waals surface area contributed by atoms with Crippen molar-refractivity contribution >= 4 is 38.1 Å². The number of hydrogen-bond donors (Lipinski definition) is 1. The Hall–Kier alpha value is -3.83. The van der Waals surface area contributed by atoms with E-state index in [1.165, 1.54) is 29.5 Å². The zero-order valence-corrected chi connectivity index (χ0v) is 20.4. The third kappa shape index (κ3) is 5.81. The number of hydrogen-bond acceptors (Lipinski definition) is 7. The van der Waals surface area contributed by atoms with Gasteiger partial charge in [-0.25, -0.2) is 12.8 Å². The maximum absolute atomic E-state index is 14.2. The quantitative estimate of drug-likeness (QED) is 0.371. The van der Waals surface area contributed by atoms with E-state index in [4.69, 9.17) is 4.74 Å². The molecular weight excluding hydrogens is 491 g/mol. The first-order valence-corrected chi connectivity index (χ1v) is 13.0. The van der Waals surface area contributed by atoms with Crippen molar-refractivity contribution in [3.8, 4) is 16.3 Å². The van der Waals surface area contributed by atoms with Crippen LogP contribution in [0.15, 0.2) is 72.8 Å². The predicted octanol–water partition coefficient (Wildman–Crippen LogP) is 4.57. The number of carbonyl (C=O) groups excluding carboxylic acids is 1. The van der Waals surface area contributed by atoms with Crippen LogP contribution in [0.1, 0.15) is 15.9 Å². The van der Waals surface area contributed by atoms with Crippen molar-refractivity contribution in [1.29, 1.82) is 0 Å². The molecule has 0 aliphatic carbocycles. The van der Waals surface area contributed by atoms with Crippen LogP contribution in [0.5, 0.6) is 5.75 Å². The van der Waals surface area contributed by atoms with Crippen LogP contribution in [-0.4, -0.2) is 37.9 Å². The molecule has 0 saturated carbocycles. The molecule has 4 rings (SSSR count). The van der Waals surface area contributed by atoms with Crippen molar-refractivity contribution in [3.05, 3.63) is 89.7 Å². The Morgan fingerprint density at radius 3 is 2.34 bits per heavy atom. The number of nitrogens with one attached hydrogen (secondary N) is 1. The minimum absolute atomic E-state index is 0.0410. The highest BCUT2D eigenvalue weighted by Gasteiger charge is 2.21. The Labute approximate surface area is 206 Å². The Morgan fingerprint density at radius 1 is 1.03 bits per heavy atom. The lowest BCUT2D eigenvalue weighted by atomic mass is 10.1. The van der Waals surface area contributed by atoms with Crippen molar-refractivity contribution in [3.63, 3.8) is 0 Å². The van der Waals surface area contributed by atoms with Gasteiger partial charge in [0.2, 0.25) is 15.2 Å². The molecule has 0 atom stereocenters. The summed E-state index contributed by atoms with van der Waals surface area (Å²) in [6.07, 6.45) is 1.02. The molecule has 3 aromatic carbocycles. The summed E-state index contributed by atoms with van der Waals surface area (Å²) in [5, 5.41) is 11.8. The Bertz CT molecular complexity index is 1440. The van der Waals surface area contributed by atoms with Crippen LogP contribution in [0.25, 0.3) is 10.6 Å². The third-order valence-corrected chi connectivity index (χ3v) is 7.06. The molecule has 4 aromatic rings. The van der Waals surface area contributed by atoms with Gasteiger partial charge in [-0.1, -0.05) is 35.6 Å². The molecule has 0 bridgehead atoms. The number of carbonyl (C=O) groups is 1. The molecule has 35 heavy (non-hydrogen) atoms. The molecule has 0 spiro atoms. The lowest BCUT2D eigenvalue weighted by Gasteiger charge is -2.23. The fourth-order valence-corrected chi connectivity index (χ4v) is 4.89. The Balaban J connectivity index is 1.45. The average molecular weight is 513 g/mol. The van der Waals surface area contributed by atoms with Gasteiger partial charge in [-0.3, -0.25) is 14.4 Å². The number of methoxy groups -OCH3 is 1. The Morgan fingerprint density at radius 2 is 1.71 bits per heavy atom. The molecule has 180 valence electrons. The van der Waals surface area contributed by atoms with E-state index in [2.05, 4.69) is 15.5 Å². The smallest absolute Gasteiger partial charge is 0.257 e. The van der Waals surface area contributed by atoms with E-state index >= 15 is 0 Å². The summed E-state index contributed by atoms with van der Waals surface area (Å²) in [5.74, 6) is -0.299. The van der Waals surface area contributed by atoms with E-state index < -0.39 is 15.8 Å². The van der Waals surface area contributed by atoms with Gasteiger partial charge in [0.25, 0.3) is 5.91 Å². The van der Waals surface area contributed by atoms with Crippen molar-refractivity contribution in [2.24, 2.45) is 0 Å². The summed E-state index contributed by atoms with van der Waals surface area (Å²) in [6.45, 7) is -0.0801. The molecule has 11 heteroatoms. The first kappa shape index (κ1) is 24.3. The Kier molecular flexibility index (Phi) is 7.08. The molecule has 0 aliphatic heterocycles. The second-order valence-corrected chi connectivity index (χ2v) is 10.4. The van der Waals surface area contributed by atoms with E-state index in [0.717, 1.165) is 21.9 Å². The maximum Gasteiger partial charge on any atom is 0.257 e. The van der Waals surface area contributed by atoms with E-state index in [9.17, 15) is 17.6 Å². The standard InChI is InChI=1S/C24H21FN4O4S2/c1-33-19-13-11-18(12-14-19)23-27-28-24(34-23)26-22(30)17-9-7-16(8-10-17)15-29(35(2,31)32)21-6-4-3-5-20(21)25/h3-14H,15H2,1-2H3,(H,26,28,30). The topological polar surface area (TPSA) is 101 Å². The molecule has 0 unspecified atom stereocenters. The van der Waals surface area contributed by atoms with E-state index in [-0.39, 0.29) is 18.1 Å². The summed E-state index contributed by atoms with van der Waals surface area (Å²) in [4.78, 5) is 12.7. The summed E-state index contributed by atoms with van der Waals surface area (Å²) < 4.78 is 44.9. The van der Waals surface area contributed by atoms with Crippen LogP contribution in [0.3, 0.4) is 0 Å². The van der Waals surface area contributed by atoms with Gasteiger partial charge in [0.1, 0.15) is 16.6 Å². The highest BCUT2D eigenvalue weighted by atomic mass is 32.2. The fraction of sp³-hybridized carbons (Fsp3) is 0.125. The zero-order valence-electron chi connectivity index (χ0n) is 18.8. The monoisotopic (exact) mass is 512 g/mol. The number of benzene rings is 3. The molecule has 0 fully saturated rings. The molecule has 1 N–H and O–H groups in total. The molecule has 1 amide bonds. The second kappa shape index (κ2) is 10.2. The van der Waals surface area contributed by atoms with Gasteiger partial charge in [0.05, 0.1) is 25.6 Å². The lowest BCUT2D eigenvalue weighted by molar-refractivity contribution is 0.102. The normalized spacial score (nSPS) is 11.2.